The highest BCUT2D eigenvalue weighted by atomic mass is 16.5. The summed E-state index contributed by atoms with van der Waals surface area (Å²) < 4.78 is 5.68. The largest absolute Gasteiger partial charge is 0.494 e. The second-order valence-corrected chi connectivity index (χ2v) is 4.26. The van der Waals surface area contributed by atoms with Crippen molar-refractivity contribution in [2.45, 2.75) is 47.0 Å². The van der Waals surface area contributed by atoms with Crippen molar-refractivity contribution in [1.82, 2.24) is 0 Å². The van der Waals surface area contributed by atoms with E-state index in [-0.39, 0.29) is 0 Å². The van der Waals surface area contributed by atoms with Crippen molar-refractivity contribution in [2.24, 2.45) is 0 Å². The van der Waals surface area contributed by atoms with Crippen molar-refractivity contribution in [1.29, 1.82) is 0 Å². The quantitative estimate of drug-likeness (QED) is 0.721. The molecule has 0 aliphatic heterocycles. The molecule has 15 heavy (non-hydrogen) atoms. The van der Waals surface area contributed by atoms with Crippen LogP contribution in [-0.4, -0.2) is 6.61 Å². The molecule has 0 aliphatic rings. The van der Waals surface area contributed by atoms with Gasteiger partial charge in [-0.2, -0.15) is 0 Å². The SMILES string of the molecule is CCOc1cc(C)c(CC)cc1C(C)C. The lowest BCUT2D eigenvalue weighted by molar-refractivity contribution is 0.335. The lowest BCUT2D eigenvalue weighted by Crippen LogP contribution is -2.01. The monoisotopic (exact) mass is 206 g/mol. The van der Waals surface area contributed by atoms with Crippen LogP contribution in [0.2, 0.25) is 0 Å². The molecule has 0 N–H and O–H groups in total. The van der Waals surface area contributed by atoms with Crippen molar-refractivity contribution in [3.8, 4) is 5.75 Å². The molecule has 0 fully saturated rings. The van der Waals surface area contributed by atoms with E-state index in [9.17, 15) is 0 Å². The van der Waals surface area contributed by atoms with Crippen molar-refractivity contribution in [2.75, 3.05) is 6.61 Å². The van der Waals surface area contributed by atoms with Crippen LogP contribution in [0.1, 0.15) is 50.3 Å². The molecule has 0 heterocycles. The molecule has 0 bridgehead atoms. The molecule has 0 radical (unpaired) electrons. The van der Waals surface area contributed by atoms with Crippen LogP contribution >= 0.6 is 0 Å². The van der Waals surface area contributed by atoms with Gasteiger partial charge in [-0.3, -0.25) is 0 Å². The Kier molecular flexibility index (Phi) is 4.19. The van der Waals surface area contributed by atoms with Gasteiger partial charge in [0, 0.05) is 0 Å². The molecule has 0 unspecified atom stereocenters. The summed E-state index contributed by atoms with van der Waals surface area (Å²) in [6, 6.07) is 4.47. The topological polar surface area (TPSA) is 9.23 Å². The maximum atomic E-state index is 5.68. The van der Waals surface area contributed by atoms with Gasteiger partial charge in [-0.15, -0.1) is 0 Å². The summed E-state index contributed by atoms with van der Waals surface area (Å²) in [4.78, 5) is 0. The van der Waals surface area contributed by atoms with E-state index in [1.165, 1.54) is 16.7 Å². The number of rotatable bonds is 4. The van der Waals surface area contributed by atoms with Gasteiger partial charge in [-0.1, -0.05) is 26.8 Å². The molecular weight excluding hydrogens is 184 g/mol. The van der Waals surface area contributed by atoms with Gasteiger partial charge in [0.1, 0.15) is 5.75 Å². The Hall–Kier alpha value is -0.980. The number of benzene rings is 1. The number of ether oxygens (including phenoxy) is 1. The van der Waals surface area contributed by atoms with E-state index in [0.717, 1.165) is 18.8 Å². The second kappa shape index (κ2) is 5.20. The minimum Gasteiger partial charge on any atom is -0.494 e. The van der Waals surface area contributed by atoms with Gasteiger partial charge in [0.05, 0.1) is 6.61 Å². The molecule has 84 valence electrons. The minimum absolute atomic E-state index is 0.525. The highest BCUT2D eigenvalue weighted by Crippen LogP contribution is 2.30. The fraction of sp³-hybridized carbons (Fsp3) is 0.571. The fourth-order valence-electron chi connectivity index (χ4n) is 1.86. The van der Waals surface area contributed by atoms with Crippen LogP contribution in [0.15, 0.2) is 12.1 Å². The average Bonchev–Trinajstić information content (AvgIpc) is 2.18. The maximum Gasteiger partial charge on any atom is 0.123 e. The molecule has 1 aromatic rings. The van der Waals surface area contributed by atoms with E-state index in [4.69, 9.17) is 4.74 Å². The first kappa shape index (κ1) is 12.1. The smallest absolute Gasteiger partial charge is 0.123 e. The van der Waals surface area contributed by atoms with Crippen LogP contribution in [0, 0.1) is 6.92 Å². The molecule has 1 nitrogen and oxygen atoms in total. The van der Waals surface area contributed by atoms with Gasteiger partial charge in [-0.05, 0) is 48.9 Å². The molecule has 1 aromatic carbocycles. The van der Waals surface area contributed by atoms with Crippen LogP contribution in [0.5, 0.6) is 5.75 Å². The van der Waals surface area contributed by atoms with Gasteiger partial charge < -0.3 is 4.74 Å². The predicted octanol–water partition coefficient (Wildman–Crippen LogP) is 4.08. The summed E-state index contributed by atoms with van der Waals surface area (Å²) in [6.07, 6.45) is 1.10. The third-order valence-electron chi connectivity index (χ3n) is 2.77. The molecular formula is C14H22O. The summed E-state index contributed by atoms with van der Waals surface area (Å²) in [5.41, 5.74) is 4.10. The first-order valence-corrected chi connectivity index (χ1v) is 5.86. The van der Waals surface area contributed by atoms with Crippen molar-refractivity contribution >= 4 is 0 Å². The summed E-state index contributed by atoms with van der Waals surface area (Å²) in [5, 5.41) is 0. The van der Waals surface area contributed by atoms with Crippen LogP contribution in [0.4, 0.5) is 0 Å². The number of aryl methyl sites for hydroxylation is 2. The molecule has 0 spiro atoms. The maximum absolute atomic E-state index is 5.68. The highest BCUT2D eigenvalue weighted by Gasteiger charge is 2.10. The van der Waals surface area contributed by atoms with E-state index in [0.29, 0.717) is 5.92 Å². The third kappa shape index (κ3) is 2.74. The Morgan fingerprint density at radius 1 is 1.20 bits per heavy atom. The molecule has 0 amide bonds. The molecule has 0 atom stereocenters. The summed E-state index contributed by atoms with van der Waals surface area (Å²) in [5.74, 6) is 1.58. The molecule has 0 aromatic heterocycles. The Morgan fingerprint density at radius 3 is 2.33 bits per heavy atom. The normalized spacial score (nSPS) is 10.8. The zero-order valence-electron chi connectivity index (χ0n) is 10.6. The first-order chi connectivity index (χ1) is 7.10. The summed E-state index contributed by atoms with van der Waals surface area (Å²) >= 11 is 0. The average molecular weight is 206 g/mol. The molecule has 0 aliphatic carbocycles. The number of hydrogen-bond acceptors (Lipinski definition) is 1. The van der Waals surface area contributed by atoms with Gasteiger partial charge in [0.25, 0.3) is 0 Å². The van der Waals surface area contributed by atoms with Crippen LogP contribution in [0.3, 0.4) is 0 Å². The summed E-state index contributed by atoms with van der Waals surface area (Å²) in [6.45, 7) is 11.6. The second-order valence-electron chi connectivity index (χ2n) is 4.26. The highest BCUT2D eigenvalue weighted by molar-refractivity contribution is 5.43. The zero-order valence-corrected chi connectivity index (χ0v) is 10.6. The predicted molar refractivity (Wildman–Crippen MR) is 65.8 cm³/mol. The van der Waals surface area contributed by atoms with Gasteiger partial charge in [0.2, 0.25) is 0 Å². The van der Waals surface area contributed by atoms with Gasteiger partial charge in [-0.25, -0.2) is 0 Å². The van der Waals surface area contributed by atoms with Crippen molar-refractivity contribution < 1.29 is 4.74 Å². The van der Waals surface area contributed by atoms with Crippen LogP contribution < -0.4 is 4.74 Å². The Bertz CT molecular complexity index is 326. The molecule has 1 heteroatoms. The number of hydrogen-bond donors (Lipinski definition) is 0. The van der Waals surface area contributed by atoms with Gasteiger partial charge >= 0.3 is 0 Å². The lowest BCUT2D eigenvalue weighted by Gasteiger charge is -2.16. The first-order valence-electron chi connectivity index (χ1n) is 5.86. The minimum atomic E-state index is 0.525. The van der Waals surface area contributed by atoms with E-state index in [2.05, 4.69) is 39.8 Å². The van der Waals surface area contributed by atoms with Gasteiger partial charge in [0.15, 0.2) is 0 Å². The van der Waals surface area contributed by atoms with Crippen LogP contribution in [0.25, 0.3) is 0 Å². The Labute approximate surface area is 93.5 Å². The van der Waals surface area contributed by atoms with Crippen molar-refractivity contribution in [3.63, 3.8) is 0 Å². The van der Waals surface area contributed by atoms with E-state index >= 15 is 0 Å². The Balaban J connectivity index is 3.19. The van der Waals surface area contributed by atoms with Crippen LogP contribution in [-0.2, 0) is 6.42 Å². The summed E-state index contributed by atoms with van der Waals surface area (Å²) in [7, 11) is 0. The molecule has 0 saturated carbocycles. The molecule has 0 saturated heterocycles. The third-order valence-corrected chi connectivity index (χ3v) is 2.77. The lowest BCUT2D eigenvalue weighted by atomic mass is 9.95. The van der Waals surface area contributed by atoms with Crippen molar-refractivity contribution in [3.05, 3.63) is 28.8 Å². The Morgan fingerprint density at radius 2 is 1.87 bits per heavy atom. The fourth-order valence-corrected chi connectivity index (χ4v) is 1.86. The standard InChI is InChI=1S/C14H22O/c1-6-12-9-13(10(3)4)14(15-7-2)8-11(12)5/h8-10H,6-7H2,1-5H3. The van der Waals surface area contributed by atoms with E-state index < -0.39 is 0 Å². The van der Waals surface area contributed by atoms with E-state index in [1.807, 2.05) is 6.92 Å². The van der Waals surface area contributed by atoms with E-state index in [1.54, 1.807) is 0 Å². The zero-order chi connectivity index (χ0) is 11.4. The molecule has 1 rings (SSSR count).